The van der Waals surface area contributed by atoms with Gasteiger partial charge in [0.15, 0.2) is 0 Å². The maximum Gasteiger partial charge on any atom is 0.127 e. The quantitative estimate of drug-likeness (QED) is 0.647. The molecular weight excluding hydrogens is 172 g/mol. The molecule has 1 radical (unpaired) electrons. The second-order valence-corrected chi connectivity index (χ2v) is 3.00. The molecule has 0 heterocycles. The van der Waals surface area contributed by atoms with Gasteiger partial charge in [-0.1, -0.05) is 30.3 Å². The van der Waals surface area contributed by atoms with Gasteiger partial charge in [0.2, 0.25) is 0 Å². The lowest BCUT2D eigenvalue weighted by Gasteiger charge is -2.01. The monoisotopic (exact) mass is 183 g/mol. The molecule has 1 nitrogen and oxygen atoms in total. The van der Waals surface area contributed by atoms with Crippen LogP contribution in [0.5, 0.6) is 5.75 Å². The summed E-state index contributed by atoms with van der Waals surface area (Å²) in [5.41, 5.74) is 0. The fourth-order valence-corrected chi connectivity index (χ4v) is 1.37. The molecule has 0 atom stereocenters. The number of allylic oxidation sites excluding steroid dienone is 1. The van der Waals surface area contributed by atoms with Gasteiger partial charge in [-0.2, -0.15) is 0 Å². The highest BCUT2D eigenvalue weighted by molar-refractivity contribution is 5.83. The predicted molar refractivity (Wildman–Crippen MR) is 59.1 cm³/mol. The summed E-state index contributed by atoms with van der Waals surface area (Å²) < 4.78 is 5.32. The van der Waals surface area contributed by atoms with Crippen molar-refractivity contribution in [2.75, 3.05) is 0 Å². The molecule has 0 N–H and O–H groups in total. The molecule has 0 amide bonds. The zero-order valence-corrected chi connectivity index (χ0v) is 7.81. The Hall–Kier alpha value is -1.76. The van der Waals surface area contributed by atoms with Crippen molar-refractivity contribution in [3.05, 3.63) is 61.7 Å². The van der Waals surface area contributed by atoms with Crippen LogP contribution in [-0.2, 0) is 0 Å². The molecule has 0 aromatic heterocycles. The number of hydrogen-bond acceptors (Lipinski definition) is 1. The van der Waals surface area contributed by atoms with Gasteiger partial charge >= 0.3 is 0 Å². The summed E-state index contributed by atoms with van der Waals surface area (Å²) in [6, 6.07) is 14.2. The third-order valence-electron chi connectivity index (χ3n) is 2.02. The van der Waals surface area contributed by atoms with Crippen LogP contribution in [0, 0.1) is 6.92 Å². The van der Waals surface area contributed by atoms with Gasteiger partial charge in [-0.25, -0.2) is 0 Å². The van der Waals surface area contributed by atoms with Gasteiger partial charge in [-0.05, 0) is 35.9 Å². The Kier molecular flexibility index (Phi) is 2.50. The third-order valence-corrected chi connectivity index (χ3v) is 2.02. The Morgan fingerprint density at radius 2 is 1.79 bits per heavy atom. The zero-order chi connectivity index (χ0) is 9.80. The van der Waals surface area contributed by atoms with E-state index in [-0.39, 0.29) is 0 Å². The van der Waals surface area contributed by atoms with Crippen LogP contribution in [-0.4, -0.2) is 0 Å². The summed E-state index contributed by atoms with van der Waals surface area (Å²) >= 11 is 0. The van der Waals surface area contributed by atoms with Crippen molar-refractivity contribution >= 4 is 10.8 Å². The van der Waals surface area contributed by atoms with Crippen LogP contribution in [0.2, 0.25) is 0 Å². The van der Waals surface area contributed by atoms with E-state index in [1.807, 2.05) is 30.3 Å². The fraction of sp³-hybridized carbons (Fsp3) is 0. The first-order valence-corrected chi connectivity index (χ1v) is 4.50. The van der Waals surface area contributed by atoms with Gasteiger partial charge in [0, 0.05) is 0 Å². The molecule has 2 aromatic rings. The Bertz CT molecular complexity index is 457. The maximum atomic E-state index is 5.32. The van der Waals surface area contributed by atoms with E-state index in [4.69, 9.17) is 4.74 Å². The molecule has 0 spiro atoms. The maximum absolute atomic E-state index is 5.32. The van der Waals surface area contributed by atoms with Crippen molar-refractivity contribution in [1.82, 2.24) is 0 Å². The minimum absolute atomic E-state index is 0.837. The summed E-state index contributed by atoms with van der Waals surface area (Å²) in [5, 5.41) is 2.40. The van der Waals surface area contributed by atoms with E-state index in [0.717, 1.165) is 5.75 Å². The molecule has 1 heteroatoms. The Balaban J connectivity index is 2.41. The second kappa shape index (κ2) is 3.97. The Labute approximate surface area is 83.6 Å². The summed E-state index contributed by atoms with van der Waals surface area (Å²) in [4.78, 5) is 0. The number of hydrogen-bond donors (Lipinski definition) is 0. The van der Waals surface area contributed by atoms with E-state index >= 15 is 0 Å². The van der Waals surface area contributed by atoms with Crippen LogP contribution < -0.4 is 4.74 Å². The van der Waals surface area contributed by atoms with Gasteiger partial charge < -0.3 is 4.74 Å². The lowest BCUT2D eigenvalue weighted by atomic mass is 10.1. The molecule has 69 valence electrons. The van der Waals surface area contributed by atoms with Gasteiger partial charge in [0.25, 0.3) is 0 Å². The molecule has 0 aliphatic carbocycles. The lowest BCUT2D eigenvalue weighted by Crippen LogP contribution is -1.81. The first-order valence-electron chi connectivity index (χ1n) is 4.50. The molecule has 0 aliphatic rings. The van der Waals surface area contributed by atoms with Crippen molar-refractivity contribution in [2.45, 2.75) is 0 Å². The van der Waals surface area contributed by atoms with Crippen molar-refractivity contribution in [1.29, 1.82) is 0 Å². The van der Waals surface area contributed by atoms with E-state index in [9.17, 15) is 0 Å². The van der Waals surface area contributed by atoms with Crippen LogP contribution in [0.3, 0.4) is 0 Å². The SMILES string of the molecule is [CH2]C=COc1ccc2ccccc2c1. The molecule has 0 bridgehead atoms. The number of benzene rings is 2. The molecule has 0 saturated heterocycles. The minimum atomic E-state index is 0.837. The topological polar surface area (TPSA) is 9.23 Å². The van der Waals surface area contributed by atoms with E-state index in [2.05, 4.69) is 19.1 Å². The van der Waals surface area contributed by atoms with E-state index in [0.29, 0.717) is 0 Å². The summed E-state index contributed by atoms with van der Waals surface area (Å²) in [5.74, 6) is 0.837. The van der Waals surface area contributed by atoms with E-state index < -0.39 is 0 Å². The lowest BCUT2D eigenvalue weighted by molar-refractivity contribution is 0.482. The first kappa shape index (κ1) is 8.82. The van der Waals surface area contributed by atoms with Crippen molar-refractivity contribution in [2.24, 2.45) is 0 Å². The van der Waals surface area contributed by atoms with Crippen LogP contribution in [0.15, 0.2) is 54.8 Å². The molecule has 2 aromatic carbocycles. The molecular formula is C13H11O. The van der Waals surface area contributed by atoms with E-state index in [1.165, 1.54) is 10.8 Å². The standard InChI is InChI=1S/C13H11O/c1-2-9-14-13-8-7-11-5-3-4-6-12(11)10-13/h2-10H,1H2. The van der Waals surface area contributed by atoms with Crippen LogP contribution in [0.4, 0.5) is 0 Å². The van der Waals surface area contributed by atoms with Crippen LogP contribution in [0.1, 0.15) is 0 Å². The van der Waals surface area contributed by atoms with Crippen LogP contribution >= 0.6 is 0 Å². The van der Waals surface area contributed by atoms with Crippen LogP contribution in [0.25, 0.3) is 10.8 Å². The second-order valence-electron chi connectivity index (χ2n) is 3.00. The Morgan fingerprint density at radius 3 is 2.57 bits per heavy atom. The summed E-state index contributed by atoms with van der Waals surface area (Å²) in [6.07, 6.45) is 3.19. The normalized spacial score (nSPS) is 10.9. The van der Waals surface area contributed by atoms with Crippen molar-refractivity contribution in [3.63, 3.8) is 0 Å². The average Bonchev–Trinajstić information content (AvgIpc) is 2.26. The van der Waals surface area contributed by atoms with Gasteiger partial charge in [-0.15, -0.1) is 0 Å². The molecule has 2 rings (SSSR count). The highest BCUT2D eigenvalue weighted by atomic mass is 16.5. The fourth-order valence-electron chi connectivity index (χ4n) is 1.37. The van der Waals surface area contributed by atoms with Gasteiger partial charge in [0.1, 0.15) is 5.75 Å². The average molecular weight is 183 g/mol. The molecule has 0 aliphatic heterocycles. The van der Waals surface area contributed by atoms with Crippen molar-refractivity contribution < 1.29 is 4.74 Å². The van der Waals surface area contributed by atoms with Gasteiger partial charge in [-0.3, -0.25) is 0 Å². The Morgan fingerprint density at radius 1 is 1.00 bits per heavy atom. The van der Waals surface area contributed by atoms with E-state index in [1.54, 1.807) is 12.3 Å². The summed E-state index contributed by atoms with van der Waals surface area (Å²) in [6.45, 7) is 3.56. The predicted octanol–water partition coefficient (Wildman–Crippen LogP) is 3.57. The highest BCUT2D eigenvalue weighted by Crippen LogP contribution is 2.20. The smallest absolute Gasteiger partial charge is 0.127 e. The number of fused-ring (bicyclic) bond motifs is 1. The zero-order valence-electron chi connectivity index (χ0n) is 7.81. The minimum Gasteiger partial charge on any atom is -0.465 e. The molecule has 0 unspecified atom stereocenters. The third kappa shape index (κ3) is 1.77. The largest absolute Gasteiger partial charge is 0.465 e. The van der Waals surface area contributed by atoms with Gasteiger partial charge in [0.05, 0.1) is 6.26 Å². The van der Waals surface area contributed by atoms with Crippen molar-refractivity contribution in [3.8, 4) is 5.75 Å². The number of rotatable bonds is 2. The number of ether oxygens (including phenoxy) is 1. The first-order chi connectivity index (χ1) is 6.90. The summed E-state index contributed by atoms with van der Waals surface area (Å²) in [7, 11) is 0. The molecule has 0 fully saturated rings. The molecule has 14 heavy (non-hydrogen) atoms. The highest BCUT2D eigenvalue weighted by Gasteiger charge is 1.94. The molecule has 0 saturated carbocycles.